The molecular formula is C3HCl2N. The van der Waals surface area contributed by atoms with Crippen LogP contribution in [-0.2, 0) is 0 Å². The molecule has 32 valence electrons. The van der Waals surface area contributed by atoms with Gasteiger partial charge in [-0.05, 0) is 0 Å². The minimum atomic E-state index is -0.00231. The average molecular weight is 122 g/mol. The predicted octanol–water partition coefficient (Wildman–Crippen LogP) is 1.83. The molecule has 0 aliphatic rings. The Morgan fingerprint density at radius 2 is 2.17 bits per heavy atom. The van der Waals surface area contributed by atoms with Crippen LogP contribution >= 0.6 is 23.2 Å². The summed E-state index contributed by atoms with van der Waals surface area (Å²) in [5, 5.41) is 7.74. The lowest BCUT2D eigenvalue weighted by Gasteiger charge is -1.64. The van der Waals surface area contributed by atoms with Crippen LogP contribution in [0, 0.1) is 11.3 Å². The minimum absolute atomic E-state index is 0.00231. The summed E-state index contributed by atoms with van der Waals surface area (Å²) in [7, 11) is 0. The van der Waals surface area contributed by atoms with E-state index in [-0.39, 0.29) is 4.49 Å². The number of rotatable bonds is 0. The van der Waals surface area contributed by atoms with Crippen LogP contribution in [0.25, 0.3) is 0 Å². The largest absolute Gasteiger partial charge is 0.193 e. The third-order valence-electron chi connectivity index (χ3n) is 0.174. The Balaban J connectivity index is 3.51. The smallest absolute Gasteiger partial charge is 0.117 e. The van der Waals surface area contributed by atoms with Crippen molar-refractivity contribution < 1.29 is 0 Å². The summed E-state index contributed by atoms with van der Waals surface area (Å²) in [6, 6.07) is 1.64. The SMILES string of the molecule is N#CC=C(Cl)Cl. The van der Waals surface area contributed by atoms with Gasteiger partial charge in [0.15, 0.2) is 0 Å². The van der Waals surface area contributed by atoms with Gasteiger partial charge in [0.05, 0.1) is 6.07 Å². The highest BCUT2D eigenvalue weighted by Crippen LogP contribution is 2.03. The highest BCUT2D eigenvalue weighted by atomic mass is 35.5. The van der Waals surface area contributed by atoms with Gasteiger partial charge in [-0.25, -0.2) is 0 Å². The van der Waals surface area contributed by atoms with Crippen molar-refractivity contribution in [2.75, 3.05) is 0 Å². The molecule has 0 amide bonds. The Morgan fingerprint density at radius 3 is 2.17 bits per heavy atom. The molecule has 0 heterocycles. The maximum atomic E-state index is 7.74. The van der Waals surface area contributed by atoms with Crippen molar-refractivity contribution in [2.24, 2.45) is 0 Å². The lowest BCUT2D eigenvalue weighted by atomic mass is 10.7. The minimum Gasteiger partial charge on any atom is -0.193 e. The van der Waals surface area contributed by atoms with Gasteiger partial charge >= 0.3 is 0 Å². The highest BCUT2D eigenvalue weighted by molar-refractivity contribution is 6.56. The second-order valence-electron chi connectivity index (χ2n) is 0.563. The zero-order valence-electron chi connectivity index (χ0n) is 2.78. The molecule has 0 unspecified atom stereocenters. The summed E-state index contributed by atoms with van der Waals surface area (Å²) < 4.78 is -0.00231. The normalized spacial score (nSPS) is 6.17. The molecule has 0 atom stereocenters. The highest BCUT2D eigenvalue weighted by Gasteiger charge is 1.73. The van der Waals surface area contributed by atoms with E-state index in [9.17, 15) is 0 Å². The fraction of sp³-hybridized carbons (Fsp3) is 0. The van der Waals surface area contributed by atoms with Gasteiger partial charge in [0.1, 0.15) is 4.49 Å². The van der Waals surface area contributed by atoms with E-state index in [2.05, 4.69) is 0 Å². The van der Waals surface area contributed by atoms with Crippen molar-refractivity contribution in [1.29, 1.82) is 5.26 Å². The zero-order chi connectivity index (χ0) is 4.99. The van der Waals surface area contributed by atoms with Gasteiger partial charge in [-0.15, -0.1) is 0 Å². The van der Waals surface area contributed by atoms with Crippen LogP contribution in [0.5, 0.6) is 0 Å². The number of nitrogens with zero attached hydrogens (tertiary/aromatic N) is 1. The van der Waals surface area contributed by atoms with E-state index in [1.165, 1.54) is 0 Å². The molecule has 0 aliphatic carbocycles. The van der Waals surface area contributed by atoms with Crippen LogP contribution in [0.4, 0.5) is 0 Å². The second-order valence-corrected chi connectivity index (χ2v) is 1.57. The van der Waals surface area contributed by atoms with Gasteiger partial charge < -0.3 is 0 Å². The van der Waals surface area contributed by atoms with Gasteiger partial charge in [0.2, 0.25) is 0 Å². The van der Waals surface area contributed by atoms with E-state index < -0.39 is 0 Å². The monoisotopic (exact) mass is 121 g/mol. The van der Waals surface area contributed by atoms with Crippen molar-refractivity contribution >= 4 is 23.2 Å². The van der Waals surface area contributed by atoms with Crippen LogP contribution < -0.4 is 0 Å². The van der Waals surface area contributed by atoms with Crippen LogP contribution in [-0.4, -0.2) is 0 Å². The zero-order valence-corrected chi connectivity index (χ0v) is 4.29. The Bertz CT molecular complexity index is 95.9. The maximum absolute atomic E-state index is 7.74. The molecule has 0 radical (unpaired) electrons. The van der Waals surface area contributed by atoms with Crippen LogP contribution in [0.2, 0.25) is 0 Å². The molecule has 0 aromatic carbocycles. The quantitative estimate of drug-likeness (QED) is 0.449. The summed E-state index contributed by atoms with van der Waals surface area (Å²) in [5.41, 5.74) is 0. The molecule has 3 heteroatoms. The van der Waals surface area contributed by atoms with Crippen molar-refractivity contribution in [3.63, 3.8) is 0 Å². The molecule has 0 rings (SSSR count). The molecule has 0 saturated carbocycles. The van der Waals surface area contributed by atoms with Gasteiger partial charge in [-0.1, -0.05) is 23.2 Å². The molecule has 0 fully saturated rings. The topological polar surface area (TPSA) is 23.8 Å². The first-order valence-corrected chi connectivity index (χ1v) is 1.93. The second kappa shape index (κ2) is 3.02. The van der Waals surface area contributed by atoms with Gasteiger partial charge in [-0.3, -0.25) is 0 Å². The average Bonchev–Trinajstić information content (AvgIpc) is 1.35. The summed E-state index contributed by atoms with van der Waals surface area (Å²) in [4.78, 5) is 0. The lowest BCUT2D eigenvalue weighted by molar-refractivity contribution is 1.53. The van der Waals surface area contributed by atoms with E-state index in [0.29, 0.717) is 0 Å². The fourth-order valence-corrected chi connectivity index (χ4v) is 0.146. The first kappa shape index (κ1) is 5.81. The third kappa shape index (κ3) is 3.81. The molecular weight excluding hydrogens is 121 g/mol. The summed E-state index contributed by atoms with van der Waals surface area (Å²) in [6.07, 6.45) is 1.04. The number of nitriles is 1. The number of hydrogen-bond acceptors (Lipinski definition) is 1. The molecule has 0 aromatic heterocycles. The molecule has 0 saturated heterocycles. The number of hydrogen-bond donors (Lipinski definition) is 0. The molecule has 0 spiro atoms. The Labute approximate surface area is 45.8 Å². The first-order chi connectivity index (χ1) is 2.77. The van der Waals surface area contributed by atoms with Crippen LogP contribution in [0.15, 0.2) is 10.6 Å². The van der Waals surface area contributed by atoms with Gasteiger partial charge in [0, 0.05) is 6.08 Å². The van der Waals surface area contributed by atoms with Crippen molar-refractivity contribution in [3.8, 4) is 6.07 Å². The molecule has 0 bridgehead atoms. The number of allylic oxidation sites excluding steroid dienone is 1. The summed E-state index contributed by atoms with van der Waals surface area (Å²) in [5.74, 6) is 0. The fourth-order valence-electron chi connectivity index (χ4n) is 0.0488. The van der Waals surface area contributed by atoms with Crippen molar-refractivity contribution in [2.45, 2.75) is 0 Å². The molecule has 6 heavy (non-hydrogen) atoms. The standard InChI is InChI=1S/C3HCl2N/c4-3(5)1-2-6/h1H. The molecule has 0 aliphatic heterocycles. The Morgan fingerprint density at radius 1 is 1.67 bits per heavy atom. The van der Waals surface area contributed by atoms with Gasteiger partial charge in [0.25, 0.3) is 0 Å². The Kier molecular flexibility index (Phi) is 2.92. The lowest BCUT2D eigenvalue weighted by Crippen LogP contribution is -1.44. The predicted molar refractivity (Wildman–Crippen MR) is 25.4 cm³/mol. The van der Waals surface area contributed by atoms with E-state index in [1.54, 1.807) is 6.07 Å². The molecule has 0 N–H and O–H groups in total. The molecule has 0 aromatic rings. The maximum Gasteiger partial charge on any atom is 0.117 e. The summed E-state index contributed by atoms with van der Waals surface area (Å²) in [6.45, 7) is 0. The van der Waals surface area contributed by atoms with Crippen molar-refractivity contribution in [1.82, 2.24) is 0 Å². The van der Waals surface area contributed by atoms with Crippen LogP contribution in [0.3, 0.4) is 0 Å². The van der Waals surface area contributed by atoms with Crippen molar-refractivity contribution in [3.05, 3.63) is 10.6 Å². The third-order valence-corrected chi connectivity index (χ3v) is 0.392. The first-order valence-electron chi connectivity index (χ1n) is 1.18. The van der Waals surface area contributed by atoms with E-state index in [4.69, 9.17) is 28.5 Å². The number of halogens is 2. The summed E-state index contributed by atoms with van der Waals surface area (Å²) >= 11 is 9.96. The molecule has 1 nitrogen and oxygen atoms in total. The Hall–Kier alpha value is -0.190. The van der Waals surface area contributed by atoms with E-state index >= 15 is 0 Å². The van der Waals surface area contributed by atoms with Crippen LogP contribution in [0.1, 0.15) is 0 Å². The van der Waals surface area contributed by atoms with Gasteiger partial charge in [-0.2, -0.15) is 5.26 Å². The van der Waals surface area contributed by atoms with E-state index in [1.807, 2.05) is 0 Å². The van der Waals surface area contributed by atoms with E-state index in [0.717, 1.165) is 6.08 Å².